The topological polar surface area (TPSA) is 51.2 Å². The molecule has 1 aliphatic rings. The van der Waals surface area contributed by atoms with Gasteiger partial charge in [-0.25, -0.2) is 0 Å². The van der Waals surface area contributed by atoms with E-state index in [-0.39, 0.29) is 5.91 Å². The molecule has 0 radical (unpaired) electrons. The summed E-state index contributed by atoms with van der Waals surface area (Å²) in [7, 11) is 3.29. The number of carbonyl (C=O) groups excluding carboxylic acids is 1. The van der Waals surface area contributed by atoms with Crippen molar-refractivity contribution in [3.05, 3.63) is 53.6 Å². The number of piperazine rings is 1. The third-order valence-electron chi connectivity index (χ3n) is 5.25. The van der Waals surface area contributed by atoms with E-state index in [4.69, 9.17) is 14.2 Å². The van der Waals surface area contributed by atoms with E-state index in [1.807, 2.05) is 48.2 Å². The normalized spacial score (nSPS) is 14.5. The molecule has 1 amide bonds. The van der Waals surface area contributed by atoms with Crippen molar-refractivity contribution in [1.29, 1.82) is 0 Å². The molecular weight excluding hydrogens is 368 g/mol. The molecule has 156 valence electrons. The van der Waals surface area contributed by atoms with E-state index >= 15 is 0 Å². The van der Waals surface area contributed by atoms with Crippen LogP contribution in [0.5, 0.6) is 17.2 Å². The van der Waals surface area contributed by atoms with Gasteiger partial charge < -0.3 is 19.1 Å². The van der Waals surface area contributed by atoms with E-state index in [0.29, 0.717) is 13.0 Å². The van der Waals surface area contributed by atoms with Crippen molar-refractivity contribution in [3.8, 4) is 17.2 Å². The first kappa shape index (κ1) is 21.0. The highest BCUT2D eigenvalue weighted by molar-refractivity contribution is 5.76. The minimum absolute atomic E-state index is 0.157. The lowest BCUT2D eigenvalue weighted by Gasteiger charge is -2.35. The Balaban J connectivity index is 1.43. The number of aryl methyl sites for hydroxylation is 1. The largest absolute Gasteiger partial charge is 0.493 e. The molecule has 0 saturated carbocycles. The highest BCUT2D eigenvalue weighted by atomic mass is 16.5. The molecule has 2 aromatic rings. The quantitative estimate of drug-likeness (QED) is 0.684. The van der Waals surface area contributed by atoms with Crippen LogP contribution in [-0.4, -0.2) is 62.7 Å². The smallest absolute Gasteiger partial charge is 0.226 e. The Morgan fingerprint density at radius 2 is 1.66 bits per heavy atom. The predicted octanol–water partition coefficient (Wildman–Crippen LogP) is 3.13. The van der Waals surface area contributed by atoms with Crippen molar-refractivity contribution in [2.45, 2.75) is 19.9 Å². The number of carbonyl (C=O) groups is 1. The number of benzene rings is 2. The SMILES string of the molecule is COc1ccc(CN2CCN(C(=O)CCOc3ccccc3C)CC2)cc1OC. The fourth-order valence-corrected chi connectivity index (χ4v) is 3.52. The maximum absolute atomic E-state index is 12.5. The van der Waals surface area contributed by atoms with Gasteiger partial charge in [-0.05, 0) is 36.2 Å². The summed E-state index contributed by atoms with van der Waals surface area (Å²) in [4.78, 5) is 16.8. The molecule has 29 heavy (non-hydrogen) atoms. The Labute approximate surface area is 173 Å². The second-order valence-electron chi connectivity index (χ2n) is 7.21. The van der Waals surface area contributed by atoms with E-state index in [9.17, 15) is 4.79 Å². The number of nitrogens with zero attached hydrogens (tertiary/aromatic N) is 2. The van der Waals surface area contributed by atoms with Gasteiger partial charge in [0, 0.05) is 32.7 Å². The second kappa shape index (κ2) is 10.2. The third-order valence-corrected chi connectivity index (χ3v) is 5.25. The van der Waals surface area contributed by atoms with Crippen molar-refractivity contribution in [2.75, 3.05) is 47.0 Å². The zero-order valence-corrected chi connectivity index (χ0v) is 17.5. The molecule has 0 aromatic heterocycles. The Morgan fingerprint density at radius 3 is 2.34 bits per heavy atom. The lowest BCUT2D eigenvalue weighted by Crippen LogP contribution is -2.48. The summed E-state index contributed by atoms with van der Waals surface area (Å²) in [5.41, 5.74) is 2.26. The van der Waals surface area contributed by atoms with E-state index < -0.39 is 0 Å². The van der Waals surface area contributed by atoms with Crippen LogP contribution in [0.1, 0.15) is 17.5 Å². The molecule has 0 bridgehead atoms. The molecule has 3 rings (SSSR count). The van der Waals surface area contributed by atoms with Crippen LogP contribution in [0.4, 0.5) is 0 Å². The van der Waals surface area contributed by atoms with Crippen LogP contribution in [0.3, 0.4) is 0 Å². The molecule has 1 saturated heterocycles. The molecule has 6 heteroatoms. The fraction of sp³-hybridized carbons (Fsp3) is 0.435. The molecule has 1 aliphatic heterocycles. The molecule has 6 nitrogen and oxygen atoms in total. The van der Waals surface area contributed by atoms with Crippen LogP contribution in [0.2, 0.25) is 0 Å². The van der Waals surface area contributed by atoms with Gasteiger partial charge in [0.05, 0.1) is 27.2 Å². The number of hydrogen-bond donors (Lipinski definition) is 0. The maximum atomic E-state index is 12.5. The van der Waals surface area contributed by atoms with Gasteiger partial charge >= 0.3 is 0 Å². The average Bonchev–Trinajstić information content (AvgIpc) is 2.75. The van der Waals surface area contributed by atoms with Crippen LogP contribution in [0.25, 0.3) is 0 Å². The number of methoxy groups -OCH3 is 2. The van der Waals surface area contributed by atoms with Gasteiger partial charge in [-0.15, -0.1) is 0 Å². The standard InChI is InChI=1S/C23H30N2O4/c1-18-6-4-5-7-20(18)29-15-10-23(26)25-13-11-24(12-14-25)17-19-8-9-21(27-2)22(16-19)28-3/h4-9,16H,10-15,17H2,1-3H3. The summed E-state index contributed by atoms with van der Waals surface area (Å²) in [5.74, 6) is 2.48. The number of amides is 1. The van der Waals surface area contributed by atoms with Gasteiger partial charge in [0.25, 0.3) is 0 Å². The summed E-state index contributed by atoms with van der Waals surface area (Å²) < 4.78 is 16.4. The maximum Gasteiger partial charge on any atom is 0.226 e. The van der Waals surface area contributed by atoms with Crippen molar-refractivity contribution in [2.24, 2.45) is 0 Å². The van der Waals surface area contributed by atoms with Gasteiger partial charge in [-0.1, -0.05) is 24.3 Å². The highest BCUT2D eigenvalue weighted by Gasteiger charge is 2.21. The summed E-state index contributed by atoms with van der Waals surface area (Å²) >= 11 is 0. The molecule has 0 spiro atoms. The number of hydrogen-bond acceptors (Lipinski definition) is 5. The van der Waals surface area contributed by atoms with Gasteiger partial charge in [-0.3, -0.25) is 9.69 Å². The second-order valence-corrected chi connectivity index (χ2v) is 7.21. The Hall–Kier alpha value is -2.73. The van der Waals surface area contributed by atoms with Crippen molar-refractivity contribution in [3.63, 3.8) is 0 Å². The van der Waals surface area contributed by atoms with Crippen LogP contribution in [-0.2, 0) is 11.3 Å². The summed E-state index contributed by atoms with van der Waals surface area (Å²) in [6, 6.07) is 13.9. The molecule has 0 atom stereocenters. The number of ether oxygens (including phenoxy) is 3. The van der Waals surface area contributed by atoms with E-state index in [1.165, 1.54) is 5.56 Å². The number of para-hydroxylation sites is 1. The lowest BCUT2D eigenvalue weighted by molar-refractivity contribution is -0.133. The first-order valence-electron chi connectivity index (χ1n) is 10.00. The molecule has 0 N–H and O–H groups in total. The lowest BCUT2D eigenvalue weighted by atomic mass is 10.1. The van der Waals surface area contributed by atoms with Crippen molar-refractivity contribution < 1.29 is 19.0 Å². The first-order valence-corrected chi connectivity index (χ1v) is 10.00. The van der Waals surface area contributed by atoms with Crippen LogP contribution < -0.4 is 14.2 Å². The van der Waals surface area contributed by atoms with Crippen LogP contribution >= 0.6 is 0 Å². The van der Waals surface area contributed by atoms with Crippen LogP contribution in [0, 0.1) is 6.92 Å². The minimum Gasteiger partial charge on any atom is -0.493 e. The zero-order valence-electron chi connectivity index (χ0n) is 17.5. The first-order chi connectivity index (χ1) is 14.1. The van der Waals surface area contributed by atoms with Gasteiger partial charge in [0.1, 0.15) is 5.75 Å². The molecule has 0 aliphatic carbocycles. The highest BCUT2D eigenvalue weighted by Crippen LogP contribution is 2.28. The van der Waals surface area contributed by atoms with Gasteiger partial charge in [0.2, 0.25) is 5.91 Å². The minimum atomic E-state index is 0.157. The zero-order chi connectivity index (χ0) is 20.6. The number of rotatable bonds is 8. The van der Waals surface area contributed by atoms with E-state index in [0.717, 1.165) is 55.5 Å². The van der Waals surface area contributed by atoms with Crippen molar-refractivity contribution in [1.82, 2.24) is 9.80 Å². The van der Waals surface area contributed by atoms with Gasteiger partial charge in [-0.2, -0.15) is 0 Å². The summed E-state index contributed by atoms with van der Waals surface area (Å²) in [6.45, 7) is 6.47. The van der Waals surface area contributed by atoms with Crippen LogP contribution in [0.15, 0.2) is 42.5 Å². The third kappa shape index (κ3) is 5.64. The van der Waals surface area contributed by atoms with Gasteiger partial charge in [0.15, 0.2) is 11.5 Å². The molecule has 0 unspecified atom stereocenters. The molecule has 2 aromatic carbocycles. The summed E-state index contributed by atoms with van der Waals surface area (Å²) in [5, 5.41) is 0. The Kier molecular flexibility index (Phi) is 7.36. The molecular formula is C23H30N2O4. The average molecular weight is 399 g/mol. The Morgan fingerprint density at radius 1 is 0.931 bits per heavy atom. The molecule has 1 fully saturated rings. The Bertz CT molecular complexity index is 816. The van der Waals surface area contributed by atoms with Crippen molar-refractivity contribution >= 4 is 5.91 Å². The fourth-order valence-electron chi connectivity index (χ4n) is 3.52. The monoisotopic (exact) mass is 398 g/mol. The predicted molar refractivity (Wildman–Crippen MR) is 113 cm³/mol. The molecule has 1 heterocycles. The summed E-state index contributed by atoms with van der Waals surface area (Å²) in [6.07, 6.45) is 0.407. The van der Waals surface area contributed by atoms with E-state index in [1.54, 1.807) is 14.2 Å². The van der Waals surface area contributed by atoms with E-state index in [2.05, 4.69) is 11.0 Å².